The normalized spacial score (nSPS) is 47.2. The molecule has 0 saturated carbocycles. The Bertz CT molecular complexity index is 4150. The lowest BCUT2D eigenvalue weighted by Crippen LogP contribution is -2.71. The average molecular weight is 2120 g/mol. The summed E-state index contributed by atoms with van der Waals surface area (Å²) in [5.74, 6) is -11.0. The zero-order valence-corrected chi connectivity index (χ0v) is 78.4. The van der Waals surface area contributed by atoms with Crippen molar-refractivity contribution in [2.75, 3.05) is 66.1 Å². The molecule has 0 radical (unpaired) electrons. The molecule has 11 heterocycles. The number of aliphatic hydroxyl groups is 29. The number of carbonyl (C=O) groups is 7. The quantitative estimate of drug-likeness (QED) is 0.0272. The van der Waals surface area contributed by atoms with E-state index in [2.05, 4.69) is 31.9 Å². The van der Waals surface area contributed by atoms with Crippen molar-refractivity contribution in [1.82, 2.24) is 31.9 Å². The van der Waals surface area contributed by atoms with Crippen LogP contribution in [-0.4, -0.2) is 604 Å². The van der Waals surface area contributed by atoms with Gasteiger partial charge < -0.3 is 285 Å². The predicted octanol–water partition coefficient (Wildman–Crippen LogP) is -23.9. The van der Waals surface area contributed by atoms with Gasteiger partial charge in [0.2, 0.25) is 35.4 Å². The molecule has 0 spiro atoms. The van der Waals surface area contributed by atoms with Gasteiger partial charge in [-0.25, -0.2) is 4.79 Å². The first-order valence-electron chi connectivity index (χ1n) is 46.1. The molecule has 36 N–H and O–H groups in total. The van der Waals surface area contributed by atoms with E-state index in [0.29, 0.717) is 0 Å². The van der Waals surface area contributed by atoms with Crippen molar-refractivity contribution >= 4 is 41.4 Å². The Labute approximate surface area is 821 Å². The molecule has 64 nitrogen and oxygen atoms in total. The highest BCUT2D eigenvalue weighted by Gasteiger charge is 2.64. The molecule has 11 rings (SSSR count). The van der Waals surface area contributed by atoms with E-state index in [9.17, 15) is 187 Å². The standard InChI is InChI=1S/C81H134N6O58/c1-19-43(103)57(117)60(120)76(128-19)125-17-36-65(53(113)37(70(122)129-36)82-20(2)95)140-73-40(85-23(5)98)56(116)64(33(15-94)133-73)141-77-61(121)66(50(110)34(137-77)16-126-78-68(58(118)47(107)29(11-90)131-78)143-74-41(86-24(6)99)54(114)62(31(13-92)134-74)138-71-38(83-21(3)96)51(111)46(106)28(10-89)130-71)142-79-69(59(119)48(108)30(12-91)132-79)144-75-42(87-25(7)100)55(115)63(32(14-93)135-75)139-72-39(84-22(4)97)52(112)49(109)35(136-72)18-127-81(80(123)124)8-26(101)44(104)67(145-81)45(105)27(102)9-88/h19,26-79,88-94,101-122H,8-18H2,1-7H3,(H,82,95)(H,83,96)(H,84,97)(H,85,98)(H,86,99)(H,87,100)(H,123,124)/t19-,26-,27+,28+,29+,30+,31+,32+,33+,34+,35+,36+,37+,38+,39+,40+,41+,42+,43+,44+,45+,46-,47+,48+,49-,50+,51+,52+,53+,54+,55+,56+,57+,58-,59-,60-,61-,62+,63+,64+,65+,66-,67+,68-,69-,70+,71-,72-,73-,74-,75-,76+,77-,78-,79+,81+/m0/s1. The lowest BCUT2D eigenvalue weighted by atomic mass is 9.90. The van der Waals surface area contributed by atoms with Gasteiger partial charge in [-0.05, 0) is 6.92 Å². The summed E-state index contributed by atoms with van der Waals surface area (Å²) < 4.78 is 126. The number of carboxylic acid groups (broad SMARTS) is 1. The van der Waals surface area contributed by atoms with Gasteiger partial charge in [0.15, 0.2) is 62.9 Å². The summed E-state index contributed by atoms with van der Waals surface area (Å²) in [4.78, 5) is 90.8. The monoisotopic (exact) mass is 2120 g/mol. The van der Waals surface area contributed by atoms with Gasteiger partial charge in [-0.15, -0.1) is 0 Å². The van der Waals surface area contributed by atoms with Gasteiger partial charge in [-0.3, -0.25) is 28.8 Å². The van der Waals surface area contributed by atoms with Crippen LogP contribution in [0.2, 0.25) is 0 Å². The van der Waals surface area contributed by atoms with E-state index in [1.807, 2.05) is 0 Å². The summed E-state index contributed by atoms with van der Waals surface area (Å²) in [6.45, 7) is -5.10. The molecular formula is C81H134N6O58. The maximum Gasteiger partial charge on any atom is 0.364 e. The molecule has 0 unspecified atom stereocenters. The second-order valence-electron chi connectivity index (χ2n) is 36.7. The van der Waals surface area contributed by atoms with E-state index >= 15 is 0 Å². The van der Waals surface area contributed by atoms with Crippen molar-refractivity contribution in [1.29, 1.82) is 0 Å². The first kappa shape index (κ1) is 120. The van der Waals surface area contributed by atoms with Crippen LogP contribution >= 0.6 is 0 Å². The summed E-state index contributed by atoms with van der Waals surface area (Å²) in [5, 5.41) is 353. The Morgan fingerprint density at radius 1 is 0.297 bits per heavy atom. The molecule has 0 aliphatic carbocycles. The molecule has 56 atom stereocenters. The fraction of sp³-hybridized carbons (Fsp3) is 0.914. The highest BCUT2D eigenvalue weighted by atomic mass is 16.8. The Kier molecular flexibility index (Phi) is 42.7. The third-order valence-electron chi connectivity index (χ3n) is 26.3. The fourth-order valence-electron chi connectivity index (χ4n) is 18.6. The van der Waals surface area contributed by atoms with Gasteiger partial charge in [0, 0.05) is 48.0 Å². The van der Waals surface area contributed by atoms with Gasteiger partial charge in [0.05, 0.1) is 78.3 Å². The van der Waals surface area contributed by atoms with Crippen molar-refractivity contribution in [2.24, 2.45) is 0 Å². The first-order chi connectivity index (χ1) is 68.3. The van der Waals surface area contributed by atoms with Crippen LogP contribution in [0, 0.1) is 0 Å². The molecule has 11 aliphatic heterocycles. The molecule has 145 heavy (non-hydrogen) atoms. The number of carbonyl (C=O) groups excluding carboxylic acids is 6. The molecule has 64 heteroatoms. The number of nitrogens with one attached hydrogen (secondary N) is 6. The molecule has 6 amide bonds. The van der Waals surface area contributed by atoms with Crippen LogP contribution in [0.5, 0.6) is 0 Å². The van der Waals surface area contributed by atoms with E-state index < -0.39 is 457 Å². The van der Waals surface area contributed by atoms with Crippen molar-refractivity contribution in [3.8, 4) is 0 Å². The number of carboxylic acids is 1. The van der Waals surface area contributed by atoms with Crippen molar-refractivity contribution in [2.45, 2.75) is 398 Å². The topological polar surface area (TPSA) is 992 Å². The smallest absolute Gasteiger partial charge is 0.364 e. The van der Waals surface area contributed by atoms with E-state index in [0.717, 1.165) is 41.5 Å². The number of hydrogen-bond acceptors (Lipinski definition) is 57. The minimum Gasteiger partial charge on any atom is -0.477 e. The number of ether oxygens (including phenoxy) is 21. The van der Waals surface area contributed by atoms with E-state index in [-0.39, 0.29) is 0 Å². The Morgan fingerprint density at radius 3 is 1.03 bits per heavy atom. The zero-order valence-electron chi connectivity index (χ0n) is 78.4. The maximum atomic E-state index is 13.4. The predicted molar refractivity (Wildman–Crippen MR) is 448 cm³/mol. The Hall–Kier alpha value is -5.71. The highest BCUT2D eigenvalue weighted by Crippen LogP contribution is 2.43. The molecule has 0 aromatic carbocycles. The Morgan fingerprint density at radius 2 is 0.614 bits per heavy atom. The van der Waals surface area contributed by atoms with E-state index in [1.54, 1.807) is 0 Å². The molecular weight excluding hydrogens is 1980 g/mol. The maximum absolute atomic E-state index is 13.4. The SMILES string of the molecule is CC(=O)N[C@@H]1[C@@H](O)[C@H](O[C@@H]2O[C@H](CO)[C@@H](O[C@@H]3O[C@H](CO[C@H]4O[C@H](CO)[C@@H](O)[C@H](O)[C@@H]4O[C@@H]4O[C@H](CO)[C@@H](O[C@@H]5O[C@H](CO)[C@H](O)[C@H](O)[C@H]5NC(C)=O)[C@H](O)[C@H]4NC(C)=O)[C@@H](O)[C@H](O[C@H]4O[C@H](CO)[C@@H](O)[C@H](O)[C@@H]4O[C@@H]4O[C@H](CO)[C@@H](O[C@@H]5O[C@H](CO[C@]6(C(=O)O)C[C@H](O)[C@@H](O)[C@H]([C@H](O)[C@H](O)CO)O6)[C@H](O)[C@H](O)[C@H]5NC(C)=O)[C@H](O)[C@H]4NC(C)=O)[C@@H]3O)[C@H](O)[C@H]2NC(C)=O)[C@@H](CO[C@@H]2O[C@@H](C)[C@@H](O)[C@@H](O)[C@@H]2O)O[C@H]1O. The number of hydrogen-bond donors (Lipinski definition) is 36. The van der Waals surface area contributed by atoms with Gasteiger partial charge in [0.1, 0.15) is 262 Å². The van der Waals surface area contributed by atoms with Crippen LogP contribution in [0.1, 0.15) is 54.9 Å². The van der Waals surface area contributed by atoms with E-state index in [4.69, 9.17) is 99.5 Å². The summed E-state index contributed by atoms with van der Waals surface area (Å²) in [7, 11) is 0. The van der Waals surface area contributed by atoms with Crippen LogP contribution in [0.25, 0.3) is 0 Å². The van der Waals surface area contributed by atoms with Crippen LogP contribution in [-0.2, 0) is 133 Å². The van der Waals surface area contributed by atoms with Gasteiger partial charge in [-0.2, -0.15) is 0 Å². The summed E-state index contributed by atoms with van der Waals surface area (Å²) in [5.41, 5.74) is 0. The van der Waals surface area contributed by atoms with Crippen molar-refractivity contribution in [3.63, 3.8) is 0 Å². The van der Waals surface area contributed by atoms with Crippen molar-refractivity contribution < 1.29 is 286 Å². The number of amides is 6. The third-order valence-corrected chi connectivity index (χ3v) is 26.3. The van der Waals surface area contributed by atoms with E-state index in [1.165, 1.54) is 6.92 Å². The van der Waals surface area contributed by atoms with Gasteiger partial charge in [0.25, 0.3) is 5.79 Å². The number of aliphatic carboxylic acids is 1. The molecule has 836 valence electrons. The second-order valence-corrected chi connectivity index (χ2v) is 36.7. The highest BCUT2D eigenvalue weighted by molar-refractivity contribution is 5.77. The van der Waals surface area contributed by atoms with Crippen LogP contribution in [0.4, 0.5) is 0 Å². The average Bonchev–Trinajstić information content (AvgIpc) is 0.765. The lowest BCUT2D eigenvalue weighted by Gasteiger charge is -2.51. The first-order valence-corrected chi connectivity index (χ1v) is 46.1. The Balaban J connectivity index is 0.924. The van der Waals surface area contributed by atoms with Crippen LogP contribution in [0.15, 0.2) is 0 Å². The molecule has 11 aliphatic rings. The third kappa shape index (κ3) is 27.0. The fourth-order valence-corrected chi connectivity index (χ4v) is 18.6. The summed E-state index contributed by atoms with van der Waals surface area (Å²) in [6, 6.07) is -11.7. The number of aliphatic hydroxyl groups excluding tert-OH is 29. The summed E-state index contributed by atoms with van der Waals surface area (Å²) in [6.07, 6.45) is -107. The molecule has 0 aromatic heterocycles. The van der Waals surface area contributed by atoms with Gasteiger partial charge >= 0.3 is 5.97 Å². The minimum absolute atomic E-state index is 0.834. The van der Waals surface area contributed by atoms with Crippen LogP contribution < -0.4 is 31.9 Å². The van der Waals surface area contributed by atoms with Gasteiger partial charge in [-0.1, -0.05) is 0 Å². The molecule has 11 saturated heterocycles. The van der Waals surface area contributed by atoms with Crippen LogP contribution in [0.3, 0.4) is 0 Å². The molecule has 0 aromatic rings. The number of rotatable bonds is 39. The summed E-state index contributed by atoms with van der Waals surface area (Å²) >= 11 is 0. The molecule has 11 fully saturated rings. The minimum atomic E-state index is -3.14. The molecule has 0 bridgehead atoms. The lowest BCUT2D eigenvalue weighted by molar-refractivity contribution is -0.398. The van der Waals surface area contributed by atoms with Crippen molar-refractivity contribution in [3.05, 3.63) is 0 Å². The largest absolute Gasteiger partial charge is 0.477 e. The zero-order chi connectivity index (χ0) is 107. The second kappa shape index (κ2) is 51.8.